The highest BCUT2D eigenvalue weighted by Crippen LogP contribution is 2.25. The molecule has 1 aromatic heterocycles. The summed E-state index contributed by atoms with van der Waals surface area (Å²) in [5.41, 5.74) is 1.53. The van der Waals surface area contributed by atoms with Gasteiger partial charge in [-0.1, -0.05) is 54.1 Å². The minimum atomic E-state index is -0.916. The first-order chi connectivity index (χ1) is 11.2. The Bertz CT molecular complexity index is 878. The van der Waals surface area contributed by atoms with Gasteiger partial charge < -0.3 is 4.74 Å². The summed E-state index contributed by atoms with van der Waals surface area (Å²) in [7, 11) is 0. The lowest BCUT2D eigenvalue weighted by Crippen LogP contribution is -2.17. The number of nitrogens with zero attached hydrogens (tertiary/aromatic N) is 1. The Hall–Kier alpha value is -2.72. The molecular weight excluding hydrogens is 314 g/mol. The first-order valence-corrected chi connectivity index (χ1v) is 7.33. The zero-order chi connectivity index (χ0) is 16.2. The van der Waals surface area contributed by atoms with E-state index in [1.807, 2.05) is 18.2 Å². The monoisotopic (exact) mass is 325 g/mol. The first-order valence-electron chi connectivity index (χ1n) is 6.95. The van der Waals surface area contributed by atoms with Gasteiger partial charge in [0.05, 0.1) is 5.52 Å². The lowest BCUT2D eigenvalue weighted by atomic mass is 10.1. The topological polar surface area (TPSA) is 56.3 Å². The van der Waals surface area contributed by atoms with Crippen molar-refractivity contribution in [2.45, 2.75) is 6.61 Å². The SMILES string of the molecule is O=C(OCc1c(Cl)ccc2cccnc12)C(=O)c1ccccc1. The molecular formula is C18H12ClNO3. The highest BCUT2D eigenvalue weighted by Gasteiger charge is 2.19. The number of fused-ring (bicyclic) bond motifs is 1. The van der Waals surface area contributed by atoms with E-state index < -0.39 is 11.8 Å². The molecule has 0 unspecified atom stereocenters. The van der Waals surface area contributed by atoms with Gasteiger partial charge in [-0.3, -0.25) is 9.78 Å². The summed E-state index contributed by atoms with van der Waals surface area (Å²) >= 11 is 6.17. The Labute approximate surface area is 137 Å². The molecule has 3 aromatic rings. The molecule has 0 aliphatic heterocycles. The van der Waals surface area contributed by atoms with Gasteiger partial charge in [0.15, 0.2) is 0 Å². The summed E-state index contributed by atoms with van der Waals surface area (Å²) in [5, 5.41) is 1.33. The number of aromatic nitrogens is 1. The Kier molecular flexibility index (Phi) is 4.35. The van der Waals surface area contributed by atoms with Crippen LogP contribution in [0, 0.1) is 0 Å². The third-order valence-electron chi connectivity index (χ3n) is 3.39. The Morgan fingerprint density at radius 2 is 1.78 bits per heavy atom. The van der Waals surface area contributed by atoms with Crippen LogP contribution in [0.4, 0.5) is 0 Å². The molecule has 2 aromatic carbocycles. The van der Waals surface area contributed by atoms with E-state index in [0.29, 0.717) is 21.7 Å². The zero-order valence-electron chi connectivity index (χ0n) is 12.0. The van der Waals surface area contributed by atoms with E-state index in [0.717, 1.165) is 5.39 Å². The Balaban J connectivity index is 1.80. The van der Waals surface area contributed by atoms with Crippen LogP contribution in [0.3, 0.4) is 0 Å². The van der Waals surface area contributed by atoms with Gasteiger partial charge in [0.1, 0.15) is 6.61 Å². The third kappa shape index (κ3) is 3.22. The first kappa shape index (κ1) is 15.2. The highest BCUT2D eigenvalue weighted by molar-refractivity contribution is 6.40. The summed E-state index contributed by atoms with van der Waals surface area (Å²) in [6, 6.07) is 15.5. The maximum Gasteiger partial charge on any atom is 0.380 e. The second-order valence-corrected chi connectivity index (χ2v) is 5.28. The standard InChI is InChI=1S/C18H12ClNO3/c19-15-9-8-12-7-4-10-20-16(12)14(15)11-23-18(22)17(21)13-5-2-1-3-6-13/h1-10H,11H2. The number of benzene rings is 2. The molecule has 3 rings (SSSR count). The lowest BCUT2D eigenvalue weighted by Gasteiger charge is -2.09. The van der Waals surface area contributed by atoms with Crippen LogP contribution in [0.2, 0.25) is 5.02 Å². The molecule has 0 radical (unpaired) electrons. The van der Waals surface area contributed by atoms with Crippen molar-refractivity contribution in [3.63, 3.8) is 0 Å². The van der Waals surface area contributed by atoms with Gasteiger partial charge >= 0.3 is 5.97 Å². The molecule has 0 amide bonds. The van der Waals surface area contributed by atoms with Crippen molar-refractivity contribution in [1.29, 1.82) is 0 Å². The van der Waals surface area contributed by atoms with Gasteiger partial charge in [-0.25, -0.2) is 4.79 Å². The number of pyridine rings is 1. The van der Waals surface area contributed by atoms with Gasteiger partial charge in [-0.2, -0.15) is 0 Å². The average Bonchev–Trinajstić information content (AvgIpc) is 2.60. The predicted molar refractivity (Wildman–Crippen MR) is 87.3 cm³/mol. The zero-order valence-corrected chi connectivity index (χ0v) is 12.8. The molecule has 0 saturated carbocycles. The van der Waals surface area contributed by atoms with Crippen molar-refractivity contribution in [1.82, 2.24) is 4.98 Å². The highest BCUT2D eigenvalue weighted by atomic mass is 35.5. The Morgan fingerprint density at radius 1 is 1.00 bits per heavy atom. The molecule has 0 atom stereocenters. The minimum absolute atomic E-state index is 0.107. The van der Waals surface area contributed by atoms with Crippen molar-refractivity contribution in [2.75, 3.05) is 0 Å². The van der Waals surface area contributed by atoms with Crippen molar-refractivity contribution in [3.8, 4) is 0 Å². The molecule has 5 heteroatoms. The van der Waals surface area contributed by atoms with Crippen LogP contribution in [0.25, 0.3) is 10.9 Å². The maximum atomic E-state index is 12.0. The van der Waals surface area contributed by atoms with Crippen LogP contribution in [0.5, 0.6) is 0 Å². The fourth-order valence-electron chi connectivity index (χ4n) is 2.23. The molecule has 0 saturated heterocycles. The number of hydrogen-bond acceptors (Lipinski definition) is 4. The molecule has 0 spiro atoms. The fraction of sp³-hybridized carbons (Fsp3) is 0.0556. The summed E-state index contributed by atoms with van der Waals surface area (Å²) in [6.45, 7) is -0.107. The van der Waals surface area contributed by atoms with Crippen LogP contribution in [-0.2, 0) is 16.1 Å². The van der Waals surface area contributed by atoms with Gasteiger partial charge in [0, 0.05) is 27.7 Å². The summed E-state index contributed by atoms with van der Waals surface area (Å²) < 4.78 is 5.12. The number of rotatable bonds is 4. The van der Waals surface area contributed by atoms with E-state index in [1.54, 1.807) is 42.6 Å². The minimum Gasteiger partial charge on any atom is -0.455 e. The summed E-state index contributed by atoms with van der Waals surface area (Å²) in [6.07, 6.45) is 1.64. The van der Waals surface area contributed by atoms with Crippen molar-refractivity contribution < 1.29 is 14.3 Å². The summed E-state index contributed by atoms with van der Waals surface area (Å²) in [5.74, 6) is -1.60. The largest absolute Gasteiger partial charge is 0.455 e. The molecule has 0 bridgehead atoms. The number of carbonyl (C=O) groups excluding carboxylic acids is 2. The van der Waals surface area contributed by atoms with Crippen LogP contribution >= 0.6 is 11.6 Å². The van der Waals surface area contributed by atoms with E-state index >= 15 is 0 Å². The number of hydrogen-bond donors (Lipinski definition) is 0. The van der Waals surface area contributed by atoms with Crippen molar-refractivity contribution in [3.05, 3.63) is 76.9 Å². The molecule has 4 nitrogen and oxygen atoms in total. The van der Waals surface area contributed by atoms with E-state index in [9.17, 15) is 9.59 Å². The van der Waals surface area contributed by atoms with Gasteiger partial charge in [-0.15, -0.1) is 0 Å². The quantitative estimate of drug-likeness (QED) is 0.416. The smallest absolute Gasteiger partial charge is 0.380 e. The van der Waals surface area contributed by atoms with E-state index in [4.69, 9.17) is 16.3 Å². The maximum absolute atomic E-state index is 12.0. The normalized spacial score (nSPS) is 10.5. The Morgan fingerprint density at radius 3 is 2.57 bits per heavy atom. The third-order valence-corrected chi connectivity index (χ3v) is 3.75. The van der Waals surface area contributed by atoms with Gasteiger partial charge in [0.25, 0.3) is 5.78 Å². The number of Topliss-reactive ketones (excluding diaryl/α,β-unsaturated/α-hetero) is 1. The molecule has 23 heavy (non-hydrogen) atoms. The van der Waals surface area contributed by atoms with Crippen molar-refractivity contribution in [2.24, 2.45) is 0 Å². The number of ether oxygens (including phenoxy) is 1. The predicted octanol–water partition coefficient (Wildman–Crippen LogP) is 3.81. The lowest BCUT2D eigenvalue weighted by molar-refractivity contribution is -0.139. The van der Waals surface area contributed by atoms with Crippen LogP contribution in [-0.4, -0.2) is 16.7 Å². The second kappa shape index (κ2) is 6.58. The van der Waals surface area contributed by atoms with Crippen molar-refractivity contribution >= 4 is 34.3 Å². The fourth-order valence-corrected chi connectivity index (χ4v) is 2.44. The molecule has 0 N–H and O–H groups in total. The van der Waals surface area contributed by atoms with E-state index in [2.05, 4.69) is 4.98 Å². The molecule has 0 aliphatic carbocycles. The number of esters is 1. The molecule has 114 valence electrons. The van der Waals surface area contributed by atoms with Crippen LogP contribution < -0.4 is 0 Å². The summed E-state index contributed by atoms with van der Waals surface area (Å²) in [4.78, 5) is 28.2. The molecule has 0 aliphatic rings. The second-order valence-electron chi connectivity index (χ2n) is 4.87. The van der Waals surface area contributed by atoms with Gasteiger partial charge in [0.2, 0.25) is 0 Å². The van der Waals surface area contributed by atoms with E-state index in [-0.39, 0.29) is 6.61 Å². The number of ketones is 1. The van der Waals surface area contributed by atoms with E-state index in [1.165, 1.54) is 0 Å². The molecule has 1 heterocycles. The average molecular weight is 326 g/mol. The van der Waals surface area contributed by atoms with Crippen LogP contribution in [0.15, 0.2) is 60.8 Å². The molecule has 0 fully saturated rings. The number of halogens is 1. The van der Waals surface area contributed by atoms with Crippen LogP contribution in [0.1, 0.15) is 15.9 Å². The number of carbonyl (C=O) groups is 2. The van der Waals surface area contributed by atoms with Gasteiger partial charge in [-0.05, 0) is 12.1 Å².